The van der Waals surface area contributed by atoms with Crippen LogP contribution in [-0.4, -0.2) is 59.9 Å². The van der Waals surface area contributed by atoms with Gasteiger partial charge in [0.25, 0.3) is 5.91 Å². The highest BCUT2D eigenvalue weighted by atomic mass is 127. The van der Waals surface area contributed by atoms with Crippen molar-refractivity contribution in [2.24, 2.45) is 0 Å². The predicted octanol–water partition coefficient (Wildman–Crippen LogP) is 2.93. The van der Waals surface area contributed by atoms with E-state index >= 15 is 0 Å². The molecule has 1 aliphatic heterocycles. The van der Waals surface area contributed by atoms with Gasteiger partial charge in [-0.3, -0.25) is 4.79 Å². The van der Waals surface area contributed by atoms with Gasteiger partial charge in [0.15, 0.2) is 0 Å². The molecule has 1 aliphatic rings. The molecule has 156 valence electrons. The number of amides is 1. The topological polar surface area (TPSA) is 92.1 Å². The molecule has 0 atom stereocenters. The first-order valence-corrected chi connectivity index (χ1v) is 10.8. The van der Waals surface area contributed by atoms with Crippen LogP contribution in [-0.2, 0) is 0 Å². The Morgan fingerprint density at radius 1 is 1.00 bits per heavy atom. The number of hydrogen-bond donors (Lipinski definition) is 1. The van der Waals surface area contributed by atoms with E-state index in [0.717, 1.165) is 48.5 Å². The van der Waals surface area contributed by atoms with Crippen LogP contribution in [0, 0.1) is 0 Å². The normalized spacial score (nSPS) is 14.7. The lowest BCUT2D eigenvalue weighted by molar-refractivity contribution is 0.102. The van der Waals surface area contributed by atoms with Crippen molar-refractivity contribution in [2.45, 2.75) is 0 Å². The van der Waals surface area contributed by atoms with Gasteiger partial charge in [0, 0.05) is 72.4 Å². The number of fused-ring (bicyclic) bond motifs is 1. The highest BCUT2D eigenvalue weighted by molar-refractivity contribution is 14.1. The summed E-state index contributed by atoms with van der Waals surface area (Å²) < 4.78 is 3.94. The molecule has 31 heavy (non-hydrogen) atoms. The third-order valence-corrected chi connectivity index (χ3v) is 6.15. The zero-order valence-corrected chi connectivity index (χ0v) is 18.7. The predicted molar refractivity (Wildman–Crippen MR) is 127 cm³/mol. The summed E-state index contributed by atoms with van der Waals surface area (Å²) >= 11 is 2.33. The summed E-state index contributed by atoms with van der Waals surface area (Å²) in [6.07, 6.45) is 6.57. The van der Waals surface area contributed by atoms with E-state index in [9.17, 15) is 4.79 Å². The quantitative estimate of drug-likeness (QED) is 0.323. The number of nitrogens with zero attached hydrogens (tertiary/aromatic N) is 7. The number of nitrogens with one attached hydrogen (secondary N) is 1. The summed E-state index contributed by atoms with van der Waals surface area (Å²) in [6.45, 7) is 3.72. The van der Waals surface area contributed by atoms with Crippen LogP contribution in [0.3, 0.4) is 0 Å². The molecule has 4 aromatic rings. The lowest BCUT2D eigenvalue weighted by atomic mass is 10.1. The van der Waals surface area contributed by atoms with E-state index in [1.165, 1.54) is 6.33 Å². The SMILES string of the molecule is O=C(Nc1cc2cc(-n3cncn3)ccc2cn1)c1ccnc(N2CCN(I)CC2)c1. The smallest absolute Gasteiger partial charge is 0.257 e. The molecule has 3 aromatic heterocycles. The van der Waals surface area contributed by atoms with Gasteiger partial charge in [-0.2, -0.15) is 5.10 Å². The van der Waals surface area contributed by atoms with Gasteiger partial charge in [-0.15, -0.1) is 0 Å². The molecule has 1 N–H and O–H groups in total. The summed E-state index contributed by atoms with van der Waals surface area (Å²) in [4.78, 5) is 27.9. The molecule has 5 rings (SSSR count). The molecule has 9 nitrogen and oxygen atoms in total. The van der Waals surface area contributed by atoms with Crippen LogP contribution in [0.5, 0.6) is 0 Å². The van der Waals surface area contributed by atoms with Crippen molar-refractivity contribution in [3.63, 3.8) is 0 Å². The van der Waals surface area contributed by atoms with E-state index in [0.29, 0.717) is 11.4 Å². The number of piperazine rings is 1. The Morgan fingerprint density at radius 3 is 2.68 bits per heavy atom. The number of rotatable bonds is 4. The number of benzene rings is 1. The van der Waals surface area contributed by atoms with Gasteiger partial charge in [0.1, 0.15) is 24.3 Å². The van der Waals surface area contributed by atoms with Crippen LogP contribution in [0.1, 0.15) is 10.4 Å². The average molecular weight is 526 g/mol. The summed E-state index contributed by atoms with van der Waals surface area (Å²) in [6, 6.07) is 11.3. The van der Waals surface area contributed by atoms with Crippen molar-refractivity contribution in [3.05, 3.63) is 67.0 Å². The zero-order valence-electron chi connectivity index (χ0n) is 16.5. The largest absolute Gasteiger partial charge is 0.354 e. The summed E-state index contributed by atoms with van der Waals surface area (Å²) in [5.41, 5.74) is 1.44. The number of halogens is 1. The van der Waals surface area contributed by atoms with E-state index in [1.807, 2.05) is 30.3 Å². The van der Waals surface area contributed by atoms with Crippen molar-refractivity contribution in [3.8, 4) is 5.69 Å². The molecule has 1 amide bonds. The second-order valence-corrected chi connectivity index (χ2v) is 8.56. The molecule has 0 aliphatic carbocycles. The van der Waals surface area contributed by atoms with Gasteiger partial charge in [-0.05, 0) is 35.7 Å². The molecule has 0 unspecified atom stereocenters. The van der Waals surface area contributed by atoms with Crippen LogP contribution >= 0.6 is 22.9 Å². The lowest BCUT2D eigenvalue weighted by Crippen LogP contribution is -2.42. The Balaban J connectivity index is 1.35. The third-order valence-electron chi connectivity index (χ3n) is 5.19. The number of pyridine rings is 2. The summed E-state index contributed by atoms with van der Waals surface area (Å²) in [5.74, 6) is 1.10. The van der Waals surface area contributed by atoms with Gasteiger partial charge in [0.2, 0.25) is 0 Å². The molecule has 10 heteroatoms. The monoisotopic (exact) mass is 526 g/mol. The second-order valence-electron chi connectivity index (χ2n) is 7.19. The van der Waals surface area contributed by atoms with Crippen molar-refractivity contribution < 1.29 is 4.79 Å². The fourth-order valence-electron chi connectivity index (χ4n) is 3.51. The molecule has 1 saturated heterocycles. The maximum atomic E-state index is 12.9. The Hall–Kier alpha value is -3.12. The van der Waals surface area contributed by atoms with E-state index in [4.69, 9.17) is 0 Å². The number of hydrogen-bond acceptors (Lipinski definition) is 7. The lowest BCUT2D eigenvalue weighted by Gasteiger charge is -2.32. The first-order valence-electron chi connectivity index (χ1n) is 9.84. The molecular weight excluding hydrogens is 507 g/mol. The Labute approximate surface area is 192 Å². The molecule has 0 radical (unpaired) electrons. The zero-order chi connectivity index (χ0) is 21.2. The maximum absolute atomic E-state index is 12.9. The standard InChI is InChI=1S/C21H19IN8O/c22-29-7-5-28(6-8-29)20-11-15(3-4-24-20)21(31)27-19-10-17-9-18(30-14-23-13-26-30)2-1-16(17)12-25-19/h1-4,9-14H,5-8H2,(H,25,27,31). The maximum Gasteiger partial charge on any atom is 0.257 e. The molecule has 0 spiro atoms. The van der Waals surface area contributed by atoms with Gasteiger partial charge < -0.3 is 10.2 Å². The van der Waals surface area contributed by atoms with Crippen molar-refractivity contribution in [2.75, 3.05) is 36.4 Å². The van der Waals surface area contributed by atoms with Crippen LogP contribution in [0.25, 0.3) is 16.5 Å². The van der Waals surface area contributed by atoms with Crippen LogP contribution in [0.15, 0.2) is 61.4 Å². The fraction of sp³-hybridized carbons (Fsp3) is 0.190. The van der Waals surface area contributed by atoms with Crippen molar-refractivity contribution in [1.29, 1.82) is 0 Å². The highest BCUT2D eigenvalue weighted by Crippen LogP contribution is 2.21. The van der Waals surface area contributed by atoms with Gasteiger partial charge in [-0.25, -0.2) is 22.7 Å². The first kappa shape index (κ1) is 19.8. The Kier molecular flexibility index (Phi) is 5.47. The minimum Gasteiger partial charge on any atom is -0.354 e. The Bertz CT molecular complexity index is 1220. The summed E-state index contributed by atoms with van der Waals surface area (Å²) in [7, 11) is 0. The Morgan fingerprint density at radius 2 is 1.87 bits per heavy atom. The molecule has 1 aromatic carbocycles. The van der Waals surface area contributed by atoms with Gasteiger partial charge in [0.05, 0.1) is 5.69 Å². The number of anilines is 2. The van der Waals surface area contributed by atoms with E-state index in [2.05, 4.69) is 56.2 Å². The number of aromatic nitrogens is 5. The van der Waals surface area contributed by atoms with E-state index in [1.54, 1.807) is 29.5 Å². The minimum absolute atomic E-state index is 0.213. The fourth-order valence-corrected chi connectivity index (χ4v) is 3.94. The molecule has 1 fully saturated rings. The first-order chi connectivity index (χ1) is 15.2. The molecule has 0 bridgehead atoms. The highest BCUT2D eigenvalue weighted by Gasteiger charge is 2.17. The molecule has 0 saturated carbocycles. The second kappa shape index (κ2) is 8.55. The van der Waals surface area contributed by atoms with E-state index in [-0.39, 0.29) is 5.91 Å². The van der Waals surface area contributed by atoms with Crippen LogP contribution in [0.2, 0.25) is 0 Å². The van der Waals surface area contributed by atoms with Crippen LogP contribution in [0.4, 0.5) is 11.6 Å². The number of carbonyl (C=O) groups is 1. The molecule has 4 heterocycles. The van der Waals surface area contributed by atoms with Crippen molar-refractivity contribution in [1.82, 2.24) is 27.8 Å². The van der Waals surface area contributed by atoms with Gasteiger partial charge in [-0.1, -0.05) is 6.07 Å². The van der Waals surface area contributed by atoms with E-state index < -0.39 is 0 Å². The minimum atomic E-state index is -0.213. The number of carbonyl (C=O) groups excluding carboxylic acids is 1. The third kappa shape index (κ3) is 4.35. The summed E-state index contributed by atoms with van der Waals surface area (Å²) in [5, 5.41) is 8.99. The van der Waals surface area contributed by atoms with Crippen molar-refractivity contribution >= 4 is 51.2 Å². The average Bonchev–Trinajstić information content (AvgIpc) is 3.34. The van der Waals surface area contributed by atoms with Gasteiger partial charge >= 0.3 is 0 Å². The van der Waals surface area contributed by atoms with Crippen LogP contribution < -0.4 is 10.2 Å². The molecular formula is C21H19IN8O.